The molecule has 2 N–H and O–H groups in total. The summed E-state index contributed by atoms with van der Waals surface area (Å²) in [5.74, 6) is -1.18. The van der Waals surface area contributed by atoms with Gasteiger partial charge in [-0.1, -0.05) is 0 Å². The maximum absolute atomic E-state index is 10.5. The summed E-state index contributed by atoms with van der Waals surface area (Å²) in [7, 11) is 4.78. The van der Waals surface area contributed by atoms with Crippen LogP contribution < -0.4 is 5.32 Å². The van der Waals surface area contributed by atoms with E-state index in [4.69, 9.17) is 13.0 Å². The third kappa shape index (κ3) is 5.06. The highest BCUT2D eigenvalue weighted by atomic mass is 32.2. The lowest BCUT2D eigenvalue weighted by molar-refractivity contribution is -0.139. The molecule has 0 aliphatic carbocycles. The Morgan fingerprint density at radius 2 is 2.25 bits per heavy atom. The van der Waals surface area contributed by atoms with Crippen LogP contribution in [0.25, 0.3) is 0 Å². The number of amides is 1. The van der Waals surface area contributed by atoms with Crippen molar-refractivity contribution >= 4 is 31.4 Å². The highest BCUT2D eigenvalue weighted by Crippen LogP contribution is 2.00. The molecule has 0 aromatic rings. The molecule has 0 saturated heterocycles. The van der Waals surface area contributed by atoms with E-state index in [0.717, 1.165) is 0 Å². The molecular formula is C6H10BNO3S. The van der Waals surface area contributed by atoms with Crippen molar-refractivity contribution < 1.29 is 14.7 Å². The van der Waals surface area contributed by atoms with Gasteiger partial charge >= 0.3 is 5.97 Å². The topological polar surface area (TPSA) is 66.4 Å². The zero-order valence-electron chi connectivity index (χ0n) is 6.74. The molecule has 0 rings (SSSR count). The summed E-state index contributed by atoms with van der Waals surface area (Å²) in [5.41, 5.74) is 0. The molecule has 0 aliphatic heterocycles. The largest absolute Gasteiger partial charge is 0.480 e. The van der Waals surface area contributed by atoms with Crippen molar-refractivity contribution in [2.24, 2.45) is 0 Å². The van der Waals surface area contributed by atoms with Crippen molar-refractivity contribution in [1.82, 2.24) is 5.32 Å². The van der Waals surface area contributed by atoms with Crippen LogP contribution in [0.5, 0.6) is 0 Å². The average molecular weight is 187 g/mol. The fraction of sp³-hybridized carbons (Fsp3) is 0.667. The summed E-state index contributed by atoms with van der Waals surface area (Å²) in [5, 5.41) is 10.7. The van der Waals surface area contributed by atoms with E-state index in [1.165, 1.54) is 11.8 Å². The van der Waals surface area contributed by atoms with Crippen LogP contribution in [0.15, 0.2) is 0 Å². The quantitative estimate of drug-likeness (QED) is 0.597. The predicted octanol–water partition coefficient (Wildman–Crippen LogP) is 0.0708. The van der Waals surface area contributed by atoms with Crippen molar-refractivity contribution in [2.75, 3.05) is 12.0 Å². The normalized spacial score (nSPS) is 12.1. The van der Waals surface area contributed by atoms with Crippen molar-refractivity contribution in [3.63, 3.8) is 0 Å². The Labute approximate surface area is 76.5 Å². The third-order valence-corrected chi connectivity index (χ3v) is 1.87. The van der Waals surface area contributed by atoms with Gasteiger partial charge in [0.15, 0.2) is 5.81 Å². The molecule has 1 atom stereocenters. The van der Waals surface area contributed by atoms with E-state index in [2.05, 4.69) is 5.32 Å². The molecule has 1 amide bonds. The minimum atomic E-state index is -1.05. The van der Waals surface area contributed by atoms with E-state index in [0.29, 0.717) is 12.2 Å². The molecule has 66 valence electrons. The molecule has 0 aromatic carbocycles. The smallest absolute Gasteiger partial charge is 0.326 e. The van der Waals surface area contributed by atoms with Gasteiger partial charge in [-0.05, 0) is 18.4 Å². The minimum Gasteiger partial charge on any atom is -0.480 e. The molecule has 0 aromatic heterocycles. The van der Waals surface area contributed by atoms with Gasteiger partial charge in [0.05, 0.1) is 0 Å². The Morgan fingerprint density at radius 3 is 2.58 bits per heavy atom. The second kappa shape index (κ2) is 5.94. The summed E-state index contributed by atoms with van der Waals surface area (Å²) in [4.78, 5) is 20.8. The first-order chi connectivity index (χ1) is 5.57. The van der Waals surface area contributed by atoms with Crippen LogP contribution in [0.3, 0.4) is 0 Å². The first kappa shape index (κ1) is 11.4. The van der Waals surface area contributed by atoms with Gasteiger partial charge in [-0.2, -0.15) is 11.8 Å². The van der Waals surface area contributed by atoms with E-state index >= 15 is 0 Å². The Hall–Kier alpha value is -0.645. The number of hydrogen-bond acceptors (Lipinski definition) is 3. The van der Waals surface area contributed by atoms with Crippen molar-refractivity contribution in [2.45, 2.75) is 12.5 Å². The summed E-state index contributed by atoms with van der Waals surface area (Å²) in [6, 6.07) is -0.866. The lowest BCUT2D eigenvalue weighted by atomic mass is 10.1. The van der Waals surface area contributed by atoms with Crippen LogP contribution in [0.1, 0.15) is 6.42 Å². The number of hydrogen-bond donors (Lipinski definition) is 2. The van der Waals surface area contributed by atoms with E-state index in [-0.39, 0.29) is 0 Å². The summed E-state index contributed by atoms with van der Waals surface area (Å²) in [6.45, 7) is 0. The first-order valence-corrected chi connectivity index (χ1v) is 4.75. The first-order valence-electron chi connectivity index (χ1n) is 3.35. The monoisotopic (exact) mass is 187 g/mol. The van der Waals surface area contributed by atoms with Gasteiger partial charge in [0.25, 0.3) is 0 Å². The zero-order chi connectivity index (χ0) is 9.56. The van der Waals surface area contributed by atoms with Crippen LogP contribution in [-0.2, 0) is 4.79 Å². The molecule has 0 bridgehead atoms. The van der Waals surface area contributed by atoms with Gasteiger partial charge < -0.3 is 10.4 Å². The van der Waals surface area contributed by atoms with Gasteiger partial charge in [0.1, 0.15) is 6.04 Å². The van der Waals surface area contributed by atoms with Gasteiger partial charge in [0.2, 0.25) is 7.85 Å². The molecule has 6 heteroatoms. The molecule has 0 unspecified atom stereocenters. The Bertz CT molecular complexity index is 176. The maximum Gasteiger partial charge on any atom is 0.326 e. The number of carbonyl (C=O) groups excluding carboxylic acids is 1. The molecule has 2 radical (unpaired) electrons. The fourth-order valence-corrected chi connectivity index (χ4v) is 1.14. The molecule has 0 heterocycles. The number of nitrogens with one attached hydrogen (secondary N) is 1. The number of rotatable bonds is 5. The molecule has 0 spiro atoms. The molecule has 4 nitrogen and oxygen atoms in total. The van der Waals surface area contributed by atoms with Gasteiger partial charge in [-0.3, -0.25) is 4.79 Å². The number of thioether (sulfide) groups is 1. The zero-order valence-corrected chi connectivity index (χ0v) is 7.56. The van der Waals surface area contributed by atoms with E-state index in [1.54, 1.807) is 0 Å². The van der Waals surface area contributed by atoms with Crippen LogP contribution in [-0.4, -0.2) is 42.8 Å². The third-order valence-electron chi connectivity index (χ3n) is 1.23. The van der Waals surface area contributed by atoms with Crippen LogP contribution >= 0.6 is 11.8 Å². The second-order valence-corrected chi connectivity index (χ2v) is 3.17. The molecular weight excluding hydrogens is 177 g/mol. The van der Waals surface area contributed by atoms with Crippen molar-refractivity contribution in [3.8, 4) is 0 Å². The van der Waals surface area contributed by atoms with Crippen LogP contribution in [0.2, 0.25) is 0 Å². The SMILES string of the molecule is [B]C(=O)N[C@H](CCSC)C(=O)O. The lowest BCUT2D eigenvalue weighted by Gasteiger charge is -2.11. The Morgan fingerprint density at radius 1 is 1.67 bits per heavy atom. The van der Waals surface area contributed by atoms with Crippen LogP contribution in [0.4, 0.5) is 4.79 Å². The van der Waals surface area contributed by atoms with Crippen molar-refractivity contribution in [1.29, 1.82) is 0 Å². The molecule has 0 aliphatic rings. The predicted molar refractivity (Wildman–Crippen MR) is 48.7 cm³/mol. The number of carboxylic acid groups (broad SMARTS) is 1. The fourth-order valence-electron chi connectivity index (χ4n) is 0.665. The minimum absolute atomic E-state index is 0.388. The van der Waals surface area contributed by atoms with Crippen molar-refractivity contribution in [3.05, 3.63) is 0 Å². The standard InChI is InChI=1S/C6H10BNO3S/c1-12-3-2-4(5(9)10)8-6(7)11/h4H,2-3H2,1H3,(H,8,11)(H,9,10)/t4-/m1/s1. The lowest BCUT2D eigenvalue weighted by Crippen LogP contribution is -2.40. The Kier molecular flexibility index (Phi) is 5.62. The molecule has 0 fully saturated rings. The highest BCUT2D eigenvalue weighted by Gasteiger charge is 2.16. The van der Waals surface area contributed by atoms with Gasteiger partial charge in [-0.15, -0.1) is 0 Å². The van der Waals surface area contributed by atoms with Gasteiger partial charge in [0, 0.05) is 0 Å². The van der Waals surface area contributed by atoms with E-state index in [9.17, 15) is 9.59 Å². The second-order valence-electron chi connectivity index (χ2n) is 2.18. The average Bonchev–Trinajstić information content (AvgIpc) is 1.96. The highest BCUT2D eigenvalue weighted by molar-refractivity contribution is 7.98. The Balaban J connectivity index is 3.87. The number of carboxylic acids is 1. The van der Waals surface area contributed by atoms with Gasteiger partial charge in [-0.25, -0.2) is 4.79 Å². The number of carbonyl (C=O) groups is 2. The van der Waals surface area contributed by atoms with E-state index < -0.39 is 17.8 Å². The van der Waals surface area contributed by atoms with E-state index in [1.807, 2.05) is 6.26 Å². The maximum atomic E-state index is 10.5. The molecule has 0 saturated carbocycles. The van der Waals surface area contributed by atoms with Crippen LogP contribution in [0, 0.1) is 0 Å². The summed E-state index contributed by atoms with van der Waals surface area (Å²) < 4.78 is 0. The summed E-state index contributed by atoms with van der Waals surface area (Å²) in [6.07, 6.45) is 2.25. The molecule has 12 heavy (non-hydrogen) atoms. The number of aliphatic carboxylic acids is 1. The summed E-state index contributed by atoms with van der Waals surface area (Å²) >= 11 is 1.52.